The molecule has 0 N–H and O–H groups in total. The lowest BCUT2D eigenvalue weighted by atomic mass is 10.1. The van der Waals surface area contributed by atoms with Crippen molar-refractivity contribution < 1.29 is 14.0 Å². The summed E-state index contributed by atoms with van der Waals surface area (Å²) in [5.74, 6) is -0.572. The molecule has 0 amide bonds. The summed E-state index contributed by atoms with van der Waals surface area (Å²) in [6.45, 7) is 15.1. The monoisotopic (exact) mass is 374 g/mol. The van der Waals surface area contributed by atoms with Crippen LogP contribution >= 0.6 is 11.6 Å². The zero-order valence-corrected chi connectivity index (χ0v) is 18.2. The van der Waals surface area contributed by atoms with E-state index in [1.807, 2.05) is 25.2 Å². The molecule has 0 aliphatic rings. The molecule has 0 spiro atoms. The Morgan fingerprint density at radius 1 is 1.21 bits per heavy atom. The third-order valence-corrected chi connectivity index (χ3v) is 9.06. The number of hydrogen-bond donors (Lipinski definition) is 0. The van der Waals surface area contributed by atoms with E-state index in [0.717, 1.165) is 19.3 Å². The maximum absolute atomic E-state index is 11.7. The molecule has 0 aromatic carbocycles. The average molecular weight is 375 g/mol. The van der Waals surface area contributed by atoms with E-state index in [9.17, 15) is 4.79 Å². The number of alkyl halides is 1. The van der Waals surface area contributed by atoms with E-state index in [4.69, 9.17) is 20.8 Å². The van der Waals surface area contributed by atoms with Crippen LogP contribution in [0, 0.1) is 0 Å². The van der Waals surface area contributed by atoms with Crippen molar-refractivity contribution in [3.05, 3.63) is 24.3 Å². The third kappa shape index (κ3) is 8.50. The van der Waals surface area contributed by atoms with Gasteiger partial charge in [-0.2, -0.15) is 0 Å². The smallest absolute Gasteiger partial charge is 0.321 e. The Balaban J connectivity index is 5.36. The van der Waals surface area contributed by atoms with Crippen molar-refractivity contribution in [2.75, 3.05) is 5.88 Å². The van der Waals surface area contributed by atoms with Crippen LogP contribution in [0.4, 0.5) is 0 Å². The largest absolute Gasteiger partial charge is 0.454 e. The lowest BCUT2D eigenvalue weighted by molar-refractivity contribution is -0.146. The van der Waals surface area contributed by atoms with Crippen LogP contribution in [0.15, 0.2) is 24.3 Å². The van der Waals surface area contributed by atoms with Crippen molar-refractivity contribution >= 4 is 25.9 Å². The molecule has 0 aliphatic carbocycles. The fraction of sp³-hybridized carbons (Fsp3) is 0.737. The highest BCUT2D eigenvalue weighted by atomic mass is 35.5. The first-order valence-corrected chi connectivity index (χ1v) is 12.3. The molecular formula is C19H35ClO3Si. The van der Waals surface area contributed by atoms with Crippen molar-refractivity contribution in [3.63, 3.8) is 0 Å². The lowest BCUT2D eigenvalue weighted by Gasteiger charge is -2.40. The van der Waals surface area contributed by atoms with E-state index in [-0.39, 0.29) is 17.0 Å². The lowest BCUT2D eigenvalue weighted by Crippen LogP contribution is -2.47. The van der Waals surface area contributed by atoms with E-state index in [1.54, 1.807) is 0 Å². The number of rotatable bonds is 10. The quantitative estimate of drug-likeness (QED) is 0.158. The molecule has 0 saturated carbocycles. The number of carbonyl (C=O) groups excluding carboxylic acids is 1. The summed E-state index contributed by atoms with van der Waals surface area (Å²) in [7, 11) is -1.99. The van der Waals surface area contributed by atoms with Crippen LogP contribution in [-0.2, 0) is 14.0 Å². The summed E-state index contributed by atoms with van der Waals surface area (Å²) in [6, 6.07) is 0. The standard InChI is InChI=1S/C19H35ClO3Si/c1-8-10-11-12-14-16(22-18(21)15-20)17(13-9-2)23-24(6,7)19(3,4)5/h9,12-14,16-17H,8,10-11,15H2,1-7H3/b13-9+,14-12+/t16-,17-/m0/s1. The van der Waals surface area contributed by atoms with E-state index >= 15 is 0 Å². The molecule has 0 unspecified atom stereocenters. The van der Waals surface area contributed by atoms with Gasteiger partial charge in [0.2, 0.25) is 0 Å². The highest BCUT2D eigenvalue weighted by molar-refractivity contribution is 6.74. The van der Waals surface area contributed by atoms with Gasteiger partial charge in [0.25, 0.3) is 0 Å². The molecule has 0 saturated heterocycles. The van der Waals surface area contributed by atoms with Crippen LogP contribution in [-0.4, -0.2) is 32.4 Å². The Hall–Kier alpha value is -0.583. The topological polar surface area (TPSA) is 35.5 Å². The maximum Gasteiger partial charge on any atom is 0.321 e. The van der Waals surface area contributed by atoms with Crippen LogP contribution in [0.3, 0.4) is 0 Å². The number of carbonyl (C=O) groups is 1. The Bertz CT molecular complexity index is 425. The van der Waals surface area contributed by atoms with E-state index in [0.29, 0.717) is 0 Å². The SMILES string of the molecule is C/C=C/[C@H](O[Si](C)(C)C(C)(C)C)[C@H](/C=C/CCCC)OC(=O)CCl. The molecule has 0 heterocycles. The molecule has 0 aromatic heterocycles. The Morgan fingerprint density at radius 3 is 2.29 bits per heavy atom. The fourth-order valence-electron chi connectivity index (χ4n) is 1.87. The number of halogens is 1. The molecule has 0 aliphatic heterocycles. The zero-order valence-electron chi connectivity index (χ0n) is 16.4. The summed E-state index contributed by atoms with van der Waals surface area (Å²) in [6.07, 6.45) is 10.4. The first kappa shape index (κ1) is 23.4. The number of allylic oxidation sites excluding steroid dienone is 2. The van der Waals surface area contributed by atoms with Gasteiger partial charge >= 0.3 is 5.97 Å². The molecular weight excluding hydrogens is 340 g/mol. The van der Waals surface area contributed by atoms with Crippen molar-refractivity contribution in [1.82, 2.24) is 0 Å². The van der Waals surface area contributed by atoms with Crippen LogP contribution in [0.2, 0.25) is 18.1 Å². The third-order valence-electron chi connectivity index (χ3n) is 4.37. The summed E-state index contributed by atoms with van der Waals surface area (Å²) in [5.41, 5.74) is 0. The number of unbranched alkanes of at least 4 members (excludes halogenated alkanes) is 2. The van der Waals surface area contributed by atoms with E-state index in [2.05, 4.69) is 46.9 Å². The second-order valence-electron chi connectivity index (χ2n) is 7.53. The summed E-state index contributed by atoms with van der Waals surface area (Å²) in [5, 5.41) is 0.0831. The van der Waals surface area contributed by atoms with E-state index < -0.39 is 20.4 Å². The number of esters is 1. The Morgan fingerprint density at radius 2 is 1.83 bits per heavy atom. The number of hydrogen-bond acceptors (Lipinski definition) is 3. The predicted octanol–water partition coefficient (Wildman–Crippen LogP) is 5.85. The fourth-order valence-corrected chi connectivity index (χ4v) is 3.18. The van der Waals surface area contributed by atoms with Crippen LogP contribution in [0.1, 0.15) is 53.9 Å². The van der Waals surface area contributed by atoms with Gasteiger partial charge in [0, 0.05) is 0 Å². The molecule has 5 heteroatoms. The van der Waals surface area contributed by atoms with Crippen LogP contribution < -0.4 is 0 Å². The van der Waals surface area contributed by atoms with Gasteiger partial charge in [-0.3, -0.25) is 4.79 Å². The van der Waals surface area contributed by atoms with Gasteiger partial charge < -0.3 is 9.16 Å². The molecule has 0 fully saturated rings. The van der Waals surface area contributed by atoms with Gasteiger partial charge in [-0.15, -0.1) is 11.6 Å². The maximum atomic E-state index is 11.7. The molecule has 140 valence electrons. The first-order valence-electron chi connectivity index (χ1n) is 8.81. The first-order chi connectivity index (χ1) is 11.1. The van der Waals surface area contributed by atoms with Gasteiger partial charge in [0.15, 0.2) is 8.32 Å². The van der Waals surface area contributed by atoms with Crippen molar-refractivity contribution in [1.29, 1.82) is 0 Å². The van der Waals surface area contributed by atoms with E-state index in [1.165, 1.54) is 0 Å². The second-order valence-corrected chi connectivity index (χ2v) is 12.6. The minimum atomic E-state index is -1.99. The second kappa shape index (κ2) is 11.1. The summed E-state index contributed by atoms with van der Waals surface area (Å²) in [4.78, 5) is 11.7. The Kier molecular flexibility index (Phi) is 10.8. The minimum absolute atomic E-state index is 0.0831. The Labute approximate surface area is 154 Å². The predicted molar refractivity (Wildman–Crippen MR) is 106 cm³/mol. The van der Waals surface area contributed by atoms with Gasteiger partial charge in [0.1, 0.15) is 18.1 Å². The zero-order chi connectivity index (χ0) is 18.8. The van der Waals surface area contributed by atoms with Gasteiger partial charge in [0.05, 0.1) is 0 Å². The molecule has 0 bridgehead atoms. The summed E-state index contributed by atoms with van der Waals surface area (Å²) < 4.78 is 12.0. The van der Waals surface area contributed by atoms with Gasteiger partial charge in [-0.05, 0) is 37.6 Å². The normalized spacial score (nSPS) is 15.8. The molecule has 24 heavy (non-hydrogen) atoms. The minimum Gasteiger partial charge on any atom is -0.454 e. The number of ether oxygens (including phenoxy) is 1. The molecule has 2 atom stereocenters. The van der Waals surface area contributed by atoms with Crippen molar-refractivity contribution in [3.8, 4) is 0 Å². The highest BCUT2D eigenvalue weighted by Crippen LogP contribution is 2.38. The van der Waals surface area contributed by atoms with Crippen LogP contribution in [0.25, 0.3) is 0 Å². The van der Waals surface area contributed by atoms with Crippen molar-refractivity contribution in [2.24, 2.45) is 0 Å². The van der Waals surface area contributed by atoms with Gasteiger partial charge in [-0.25, -0.2) is 0 Å². The average Bonchev–Trinajstić information content (AvgIpc) is 2.48. The van der Waals surface area contributed by atoms with Crippen LogP contribution in [0.5, 0.6) is 0 Å². The molecule has 0 aromatic rings. The molecule has 3 nitrogen and oxygen atoms in total. The molecule has 0 rings (SSSR count). The van der Waals surface area contributed by atoms with Crippen molar-refractivity contribution in [2.45, 2.75) is 84.2 Å². The molecule has 0 radical (unpaired) electrons. The van der Waals surface area contributed by atoms with Gasteiger partial charge in [-0.1, -0.05) is 58.8 Å². The summed E-state index contributed by atoms with van der Waals surface area (Å²) >= 11 is 5.62. The highest BCUT2D eigenvalue weighted by Gasteiger charge is 2.40.